The molecule has 8 aromatic rings. The Morgan fingerprint density at radius 1 is 0.465 bits per heavy atom. The first-order valence-corrected chi connectivity index (χ1v) is 32.3. The van der Waals surface area contributed by atoms with Crippen molar-refractivity contribution in [2.24, 2.45) is 5.73 Å². The fourth-order valence-corrected chi connectivity index (χ4v) is 9.96. The first-order chi connectivity index (χ1) is 45.7. The van der Waals surface area contributed by atoms with Gasteiger partial charge in [-0.05, 0) is 118 Å². The molecule has 0 saturated heterocycles. The second-order valence-electron chi connectivity index (χ2n) is 21.3. The minimum atomic E-state index is -5.25. The number of ether oxygens (including phenoxy) is 2. The van der Waals surface area contributed by atoms with E-state index in [1.807, 2.05) is 0 Å². The molecule has 0 aliphatic rings. The van der Waals surface area contributed by atoms with Gasteiger partial charge in [0.1, 0.15) is 46.4 Å². The molecule has 8 rings (SSSR count). The van der Waals surface area contributed by atoms with E-state index in [-0.39, 0.29) is 47.4 Å². The molecule has 8 aromatic carbocycles. The van der Waals surface area contributed by atoms with E-state index < -0.39 is 172 Å². The largest absolute Gasteiger partial charge is 0.461 e. The molecule has 532 valence electrons. The molecule has 0 aliphatic heterocycles. The number of carbonyl (C=O) groups excluding carboxylic acids is 2. The van der Waals surface area contributed by atoms with Gasteiger partial charge >= 0.3 is 37.4 Å². The van der Waals surface area contributed by atoms with Gasteiger partial charge in [-0.1, -0.05) is 72.8 Å². The van der Waals surface area contributed by atoms with Crippen LogP contribution in [0.2, 0.25) is 0 Å². The standard InChI is InChI=1S/C32H24F10N2O4S.C31H22F10N2O2.CH3ClO2S/c1-49(46,47)43-17-20-11-21(8-10-26(20)34)30(16-18-5-3-2-4-6-18,22-13-23(33)15-24(14-22)48-32(41,42)29(36)37)44-28(45)19-7-9-27(35)25(12-19)31(38,39)40;32-22-12-21(13-23(14-22)45-31(40,41)28(35)36)29(15-17-4-2-1-3-5-17,20-7-9-25(33)19(10-20)16-42)43-27(44)18-6-8-26(34)24(11-18)30(37,38)39;1-5(2,3)4/h2-15,29,43H,16-17H2,1H3,(H,44,45);1-14,28H,15-16,42H2,(H,43,44);1H3/t30-;29-;/m11./s1. The summed E-state index contributed by atoms with van der Waals surface area (Å²) in [5.74, 6) is -12.7. The Labute approximate surface area is 554 Å². The van der Waals surface area contributed by atoms with Gasteiger partial charge in [-0.2, -0.15) is 61.5 Å². The molecule has 0 spiro atoms. The minimum absolute atomic E-state index is 0.0584. The number of amides is 2. The maximum absolute atomic E-state index is 15.1. The number of alkyl halides is 14. The predicted molar refractivity (Wildman–Crippen MR) is 319 cm³/mol. The molecule has 99 heavy (non-hydrogen) atoms. The molecule has 0 aliphatic carbocycles. The van der Waals surface area contributed by atoms with Crippen molar-refractivity contribution in [3.8, 4) is 11.5 Å². The lowest BCUT2D eigenvalue weighted by Gasteiger charge is -2.37. The monoisotopic (exact) mass is 1480 g/mol. The predicted octanol–water partition coefficient (Wildman–Crippen LogP) is 15.2. The van der Waals surface area contributed by atoms with Gasteiger partial charge in [0, 0.05) is 71.0 Å². The van der Waals surface area contributed by atoms with Gasteiger partial charge in [0.15, 0.2) is 0 Å². The van der Waals surface area contributed by atoms with Gasteiger partial charge in [-0.3, -0.25) is 9.59 Å². The van der Waals surface area contributed by atoms with Crippen LogP contribution in [0, 0.1) is 34.9 Å². The van der Waals surface area contributed by atoms with E-state index in [0.717, 1.165) is 67.1 Å². The molecule has 0 aromatic heterocycles. The maximum atomic E-state index is 15.1. The van der Waals surface area contributed by atoms with Crippen LogP contribution in [0.5, 0.6) is 11.5 Å². The van der Waals surface area contributed by atoms with Crippen LogP contribution in [0.3, 0.4) is 0 Å². The quantitative estimate of drug-likeness (QED) is 0.0379. The molecule has 0 fully saturated rings. The Bertz CT molecular complexity index is 4420. The second kappa shape index (κ2) is 31.5. The minimum Gasteiger partial charge on any atom is -0.428 e. The van der Waals surface area contributed by atoms with Crippen LogP contribution in [-0.4, -0.2) is 66.2 Å². The van der Waals surface area contributed by atoms with Crippen LogP contribution in [-0.2, 0) is 68.4 Å². The summed E-state index contributed by atoms with van der Waals surface area (Å²) < 4.78 is 329. The van der Waals surface area contributed by atoms with Crippen LogP contribution < -0.4 is 30.6 Å². The lowest BCUT2D eigenvalue weighted by atomic mass is 9.77. The van der Waals surface area contributed by atoms with E-state index in [4.69, 9.17) is 5.73 Å². The van der Waals surface area contributed by atoms with Gasteiger partial charge in [0.25, 0.3) is 11.8 Å². The zero-order chi connectivity index (χ0) is 74.0. The van der Waals surface area contributed by atoms with Crippen LogP contribution in [0.1, 0.15) is 76.4 Å². The molecule has 0 bridgehead atoms. The summed E-state index contributed by atoms with van der Waals surface area (Å²) in [6, 6.07) is 27.6. The number of rotatable bonds is 22. The van der Waals surface area contributed by atoms with Gasteiger partial charge < -0.3 is 25.8 Å². The summed E-state index contributed by atoms with van der Waals surface area (Å²) in [6.45, 7) is -1.06. The molecule has 0 heterocycles. The number of halogens is 21. The highest BCUT2D eigenvalue weighted by Gasteiger charge is 2.47. The number of hydrogen-bond donors (Lipinski definition) is 4. The molecule has 12 nitrogen and oxygen atoms in total. The van der Waals surface area contributed by atoms with Crippen LogP contribution in [0.15, 0.2) is 170 Å². The molecule has 2 amide bonds. The SMILES string of the molecule is CS(=O)(=O)Cl.CS(=O)(=O)NCc1cc([C@@](Cc2ccccc2)(NC(=O)c2ccc(F)c(C(F)(F)F)c2)c2cc(F)cc(OC(F)(F)C(F)F)c2)ccc1F.NCc1cc([C@@](Cc2ccccc2)(NC(=O)c2ccc(F)c(C(F)(F)F)c2)c2cc(F)cc(OC(F)(F)C(F)F)c2)ccc1F. The Kier molecular flexibility index (Phi) is 25.1. The normalized spacial score (nSPS) is 13.4. The summed E-state index contributed by atoms with van der Waals surface area (Å²) in [4.78, 5) is 27.4. The van der Waals surface area contributed by atoms with Crippen molar-refractivity contribution in [3.05, 3.63) is 272 Å². The van der Waals surface area contributed by atoms with Gasteiger partial charge in [0.05, 0.1) is 34.7 Å². The molecular weight excluding hydrogens is 1430 g/mol. The second-order valence-corrected chi connectivity index (χ2v) is 26.2. The zero-order valence-corrected chi connectivity index (χ0v) is 52.6. The van der Waals surface area contributed by atoms with Crippen molar-refractivity contribution in [3.63, 3.8) is 0 Å². The summed E-state index contributed by atoms with van der Waals surface area (Å²) in [6.07, 6.45) is -28.5. The Hall–Kier alpha value is -8.99. The van der Waals surface area contributed by atoms with Gasteiger partial charge in [-0.25, -0.2) is 47.9 Å². The molecule has 0 radical (unpaired) electrons. The molecule has 0 saturated carbocycles. The molecule has 5 N–H and O–H groups in total. The van der Waals surface area contributed by atoms with Crippen molar-refractivity contribution in [1.82, 2.24) is 15.4 Å². The molecule has 35 heteroatoms. The van der Waals surface area contributed by atoms with Gasteiger partial charge in [-0.15, -0.1) is 0 Å². The van der Waals surface area contributed by atoms with E-state index in [1.54, 1.807) is 24.3 Å². The van der Waals surface area contributed by atoms with E-state index >= 15 is 8.78 Å². The molecule has 2 atom stereocenters. The summed E-state index contributed by atoms with van der Waals surface area (Å²) in [5.41, 5.74) is -4.79. The zero-order valence-electron chi connectivity index (χ0n) is 50.2. The molecule has 0 unspecified atom stereocenters. The van der Waals surface area contributed by atoms with Crippen molar-refractivity contribution in [1.29, 1.82) is 0 Å². The fourth-order valence-electron chi connectivity index (χ4n) is 9.54. The highest BCUT2D eigenvalue weighted by molar-refractivity contribution is 8.13. The first kappa shape index (κ1) is 79.0. The summed E-state index contributed by atoms with van der Waals surface area (Å²) in [7, 11) is -2.60. The topological polar surface area (TPSA) is 183 Å². The van der Waals surface area contributed by atoms with Crippen molar-refractivity contribution >= 4 is 41.6 Å². The van der Waals surface area contributed by atoms with E-state index in [1.165, 1.54) is 36.4 Å². The first-order valence-electron chi connectivity index (χ1n) is 27.7. The van der Waals surface area contributed by atoms with Crippen LogP contribution in [0.4, 0.5) is 87.8 Å². The third-order valence-corrected chi connectivity index (χ3v) is 14.6. The average molecular weight is 1480 g/mol. The van der Waals surface area contributed by atoms with Crippen molar-refractivity contribution < 1.29 is 124 Å². The number of nitrogens with one attached hydrogen (secondary N) is 3. The fraction of sp³-hybridized carbons (Fsp3) is 0.219. The lowest BCUT2D eigenvalue weighted by molar-refractivity contribution is -0.253. The third kappa shape index (κ3) is 21.5. The van der Waals surface area contributed by atoms with Crippen molar-refractivity contribution in [2.75, 3.05) is 12.5 Å². The number of nitrogens with two attached hydrogens (primary N) is 1. The summed E-state index contributed by atoms with van der Waals surface area (Å²) >= 11 is 0. The third-order valence-electron chi connectivity index (χ3n) is 13.9. The van der Waals surface area contributed by atoms with Crippen LogP contribution in [0.25, 0.3) is 0 Å². The number of benzene rings is 8. The Balaban J connectivity index is 0.000000293. The highest BCUT2D eigenvalue weighted by atomic mass is 35.7. The maximum Gasteiger partial charge on any atom is 0.461 e. The lowest BCUT2D eigenvalue weighted by Crippen LogP contribution is -2.49. The molecular formula is C64H49ClF20N4O8S2. The van der Waals surface area contributed by atoms with E-state index in [0.29, 0.717) is 53.6 Å². The van der Waals surface area contributed by atoms with Crippen LogP contribution >= 0.6 is 10.7 Å². The van der Waals surface area contributed by atoms with E-state index in [9.17, 15) is 105 Å². The van der Waals surface area contributed by atoms with Crippen molar-refractivity contribution in [2.45, 2.75) is 74.4 Å². The Morgan fingerprint density at radius 3 is 1.14 bits per heavy atom. The average Bonchev–Trinajstić information content (AvgIpc) is 0.758. The highest BCUT2D eigenvalue weighted by Crippen LogP contribution is 2.42. The van der Waals surface area contributed by atoms with Gasteiger partial charge in [0.2, 0.25) is 19.1 Å². The number of hydrogen-bond acceptors (Lipinski definition) is 9. The Morgan fingerprint density at radius 2 is 0.808 bits per heavy atom. The van der Waals surface area contributed by atoms with E-state index in [2.05, 4.69) is 35.5 Å². The number of carbonyl (C=O) groups is 2. The smallest absolute Gasteiger partial charge is 0.428 e. The summed E-state index contributed by atoms with van der Waals surface area (Å²) in [5, 5.41) is 4.92. The number of sulfonamides is 1.